The van der Waals surface area contributed by atoms with Crippen LogP contribution in [0.1, 0.15) is 12.0 Å². The zero-order valence-corrected chi connectivity index (χ0v) is 14.9. The number of carbonyl (C=O) groups excluding carboxylic acids is 2. The molecule has 0 saturated carbocycles. The second kappa shape index (κ2) is 8.18. The maximum Gasteiger partial charge on any atom is 0.255 e. The van der Waals surface area contributed by atoms with E-state index in [1.54, 1.807) is 12.1 Å². The van der Waals surface area contributed by atoms with E-state index in [9.17, 15) is 9.59 Å². The minimum absolute atomic E-state index is 0.0997. The molecule has 0 spiro atoms. The summed E-state index contributed by atoms with van der Waals surface area (Å²) in [5.41, 5.74) is 1.79. The minimum Gasteiger partial charge on any atom is -0.312 e. The van der Waals surface area contributed by atoms with E-state index in [-0.39, 0.29) is 18.2 Å². The van der Waals surface area contributed by atoms with Gasteiger partial charge in [-0.1, -0.05) is 41.9 Å². The molecule has 0 aliphatic carbocycles. The summed E-state index contributed by atoms with van der Waals surface area (Å²) in [6, 6.07) is 16.7. The SMILES string of the molecule is O=C(CSCc1ccc(Cl)cc1)NC1=NN(c2ccccc2)C(=O)C1. The van der Waals surface area contributed by atoms with Crippen molar-refractivity contribution in [2.45, 2.75) is 12.2 Å². The van der Waals surface area contributed by atoms with Crippen LogP contribution in [0.5, 0.6) is 0 Å². The van der Waals surface area contributed by atoms with Crippen LogP contribution in [0, 0.1) is 0 Å². The fraction of sp³-hybridized carbons (Fsp3) is 0.167. The fourth-order valence-electron chi connectivity index (χ4n) is 2.31. The van der Waals surface area contributed by atoms with Gasteiger partial charge in [-0.2, -0.15) is 10.1 Å². The lowest BCUT2D eigenvalue weighted by Gasteiger charge is -2.10. The number of rotatable bonds is 5. The first kappa shape index (κ1) is 17.5. The first-order valence-electron chi connectivity index (χ1n) is 7.69. The van der Waals surface area contributed by atoms with Crippen LogP contribution < -0.4 is 10.3 Å². The van der Waals surface area contributed by atoms with Crippen molar-refractivity contribution in [1.82, 2.24) is 5.32 Å². The molecule has 1 heterocycles. The lowest BCUT2D eigenvalue weighted by molar-refractivity contribution is -0.117. The molecule has 1 aliphatic rings. The molecule has 5 nitrogen and oxygen atoms in total. The van der Waals surface area contributed by atoms with Gasteiger partial charge >= 0.3 is 0 Å². The van der Waals surface area contributed by atoms with E-state index in [1.165, 1.54) is 16.8 Å². The van der Waals surface area contributed by atoms with Crippen LogP contribution in [0.15, 0.2) is 59.7 Å². The van der Waals surface area contributed by atoms with Crippen molar-refractivity contribution in [1.29, 1.82) is 0 Å². The van der Waals surface area contributed by atoms with Gasteiger partial charge < -0.3 is 5.32 Å². The molecule has 25 heavy (non-hydrogen) atoms. The number of para-hydroxylation sites is 1. The average molecular weight is 374 g/mol. The molecular formula is C18H16ClN3O2S. The highest BCUT2D eigenvalue weighted by molar-refractivity contribution is 7.99. The molecule has 0 unspecified atom stereocenters. The van der Waals surface area contributed by atoms with E-state index >= 15 is 0 Å². The maximum absolute atomic E-state index is 12.0. The smallest absolute Gasteiger partial charge is 0.255 e. The maximum atomic E-state index is 12.0. The Bertz CT molecular complexity index is 794. The van der Waals surface area contributed by atoms with Gasteiger partial charge in [0.05, 0.1) is 17.9 Å². The summed E-state index contributed by atoms with van der Waals surface area (Å²) in [4.78, 5) is 24.1. The van der Waals surface area contributed by atoms with Crippen molar-refractivity contribution in [2.75, 3.05) is 10.8 Å². The van der Waals surface area contributed by atoms with Crippen LogP contribution >= 0.6 is 23.4 Å². The van der Waals surface area contributed by atoms with Crippen molar-refractivity contribution in [2.24, 2.45) is 5.10 Å². The summed E-state index contributed by atoms with van der Waals surface area (Å²) < 4.78 is 0. The highest BCUT2D eigenvalue weighted by Gasteiger charge is 2.26. The highest BCUT2D eigenvalue weighted by Crippen LogP contribution is 2.19. The number of amidine groups is 1. The van der Waals surface area contributed by atoms with Gasteiger partial charge in [0.1, 0.15) is 5.84 Å². The van der Waals surface area contributed by atoms with Gasteiger partial charge in [-0.15, -0.1) is 11.8 Å². The van der Waals surface area contributed by atoms with E-state index < -0.39 is 0 Å². The van der Waals surface area contributed by atoms with Crippen molar-refractivity contribution in [3.8, 4) is 0 Å². The molecule has 0 bridgehead atoms. The van der Waals surface area contributed by atoms with Crippen LogP contribution in [-0.2, 0) is 15.3 Å². The standard InChI is InChI=1S/C18H16ClN3O2S/c19-14-8-6-13(7-9-14)11-25-12-17(23)20-16-10-18(24)22(21-16)15-4-2-1-3-5-15/h1-9H,10-12H2,(H,20,21,23). The molecular weight excluding hydrogens is 358 g/mol. The summed E-state index contributed by atoms with van der Waals surface area (Å²) in [6.07, 6.45) is 0.0997. The Hall–Kier alpha value is -2.31. The zero-order chi connectivity index (χ0) is 17.6. The Labute approximate surface area is 155 Å². The van der Waals surface area contributed by atoms with Crippen molar-refractivity contribution < 1.29 is 9.59 Å². The summed E-state index contributed by atoms with van der Waals surface area (Å²) >= 11 is 7.34. The van der Waals surface area contributed by atoms with E-state index in [2.05, 4.69) is 10.4 Å². The first-order valence-corrected chi connectivity index (χ1v) is 9.22. The fourth-order valence-corrected chi connectivity index (χ4v) is 3.22. The lowest BCUT2D eigenvalue weighted by Crippen LogP contribution is -2.31. The number of hydrogen-bond acceptors (Lipinski definition) is 4. The van der Waals surface area contributed by atoms with Crippen molar-refractivity contribution in [3.63, 3.8) is 0 Å². The number of carbonyl (C=O) groups is 2. The van der Waals surface area contributed by atoms with Gasteiger partial charge in [-0.25, -0.2) is 0 Å². The third kappa shape index (κ3) is 4.84. The zero-order valence-electron chi connectivity index (χ0n) is 13.3. The van der Waals surface area contributed by atoms with Crippen LogP contribution in [0.2, 0.25) is 5.02 Å². The van der Waals surface area contributed by atoms with Crippen molar-refractivity contribution in [3.05, 3.63) is 65.2 Å². The summed E-state index contributed by atoms with van der Waals surface area (Å²) in [5.74, 6) is 1.06. The van der Waals surface area contributed by atoms with Crippen molar-refractivity contribution >= 4 is 46.7 Å². The normalized spacial score (nSPS) is 13.7. The predicted octanol–water partition coefficient (Wildman–Crippen LogP) is 3.44. The Morgan fingerprint density at radius 2 is 1.88 bits per heavy atom. The topological polar surface area (TPSA) is 61.8 Å². The molecule has 2 amide bonds. The van der Waals surface area contributed by atoms with E-state index in [0.29, 0.717) is 28.1 Å². The van der Waals surface area contributed by atoms with Gasteiger partial charge in [-0.05, 0) is 29.8 Å². The monoisotopic (exact) mass is 373 g/mol. The molecule has 1 N–H and O–H groups in total. The molecule has 0 radical (unpaired) electrons. The predicted molar refractivity (Wildman–Crippen MR) is 102 cm³/mol. The average Bonchev–Trinajstić information content (AvgIpc) is 2.97. The lowest BCUT2D eigenvalue weighted by atomic mass is 10.2. The van der Waals surface area contributed by atoms with E-state index in [1.807, 2.05) is 42.5 Å². The quantitative estimate of drug-likeness (QED) is 0.873. The number of hydrogen-bond donors (Lipinski definition) is 1. The minimum atomic E-state index is -0.166. The number of anilines is 1. The van der Waals surface area contributed by atoms with Gasteiger partial charge in [0, 0.05) is 10.8 Å². The molecule has 1 aliphatic heterocycles. The molecule has 2 aromatic carbocycles. The molecule has 3 rings (SSSR count). The van der Waals surface area contributed by atoms with Crippen LogP contribution in [-0.4, -0.2) is 23.4 Å². The number of nitrogens with one attached hydrogen (secondary N) is 1. The highest BCUT2D eigenvalue weighted by atomic mass is 35.5. The van der Waals surface area contributed by atoms with Gasteiger partial charge in [0.25, 0.3) is 5.91 Å². The summed E-state index contributed by atoms with van der Waals surface area (Å²) in [5, 5.41) is 8.92. The third-order valence-corrected chi connectivity index (χ3v) is 4.73. The second-order valence-electron chi connectivity index (χ2n) is 5.43. The Morgan fingerprint density at radius 1 is 1.16 bits per heavy atom. The number of nitrogens with zero attached hydrogens (tertiary/aromatic N) is 2. The Morgan fingerprint density at radius 3 is 2.60 bits per heavy atom. The van der Waals surface area contributed by atoms with Crippen LogP contribution in [0.25, 0.3) is 0 Å². The van der Waals surface area contributed by atoms with E-state index in [0.717, 1.165) is 5.56 Å². The number of thioether (sulfide) groups is 1. The first-order chi connectivity index (χ1) is 12.1. The molecule has 7 heteroatoms. The Kier molecular flexibility index (Phi) is 5.73. The van der Waals surface area contributed by atoms with Gasteiger partial charge in [-0.3, -0.25) is 9.59 Å². The van der Waals surface area contributed by atoms with E-state index in [4.69, 9.17) is 11.6 Å². The molecule has 0 aromatic heterocycles. The third-order valence-electron chi connectivity index (χ3n) is 3.48. The molecule has 128 valence electrons. The summed E-state index contributed by atoms with van der Waals surface area (Å²) in [7, 11) is 0. The number of amides is 2. The molecule has 0 saturated heterocycles. The largest absolute Gasteiger partial charge is 0.312 e. The molecule has 0 fully saturated rings. The summed E-state index contributed by atoms with van der Waals surface area (Å²) in [6.45, 7) is 0. The second-order valence-corrected chi connectivity index (χ2v) is 6.85. The van der Waals surface area contributed by atoms with Gasteiger partial charge in [0.15, 0.2) is 0 Å². The number of halogens is 1. The van der Waals surface area contributed by atoms with Gasteiger partial charge in [0.2, 0.25) is 5.91 Å². The van der Waals surface area contributed by atoms with Crippen LogP contribution in [0.3, 0.4) is 0 Å². The molecule has 0 atom stereocenters. The Balaban J connectivity index is 1.49. The number of hydrazone groups is 1. The van der Waals surface area contributed by atoms with Crippen LogP contribution in [0.4, 0.5) is 5.69 Å². The number of benzene rings is 2. The molecule has 2 aromatic rings.